The third-order valence-corrected chi connectivity index (χ3v) is 3.89. The van der Waals surface area contributed by atoms with Gasteiger partial charge in [0.15, 0.2) is 6.10 Å². The number of esters is 1. The summed E-state index contributed by atoms with van der Waals surface area (Å²) in [4.78, 5) is 23.9. The lowest BCUT2D eigenvalue weighted by Gasteiger charge is -2.13. The van der Waals surface area contributed by atoms with Crippen molar-refractivity contribution in [3.05, 3.63) is 53.6 Å². The molecule has 0 radical (unpaired) electrons. The molecule has 0 fully saturated rings. The smallest absolute Gasteiger partial charge is 0.306 e. The fourth-order valence-electron chi connectivity index (χ4n) is 2.17. The Bertz CT molecular complexity index is 746. The van der Waals surface area contributed by atoms with E-state index in [1.807, 2.05) is 0 Å². The molecule has 1 amide bonds. The van der Waals surface area contributed by atoms with Gasteiger partial charge in [-0.2, -0.15) is 0 Å². The van der Waals surface area contributed by atoms with Crippen LogP contribution in [0.3, 0.4) is 0 Å². The van der Waals surface area contributed by atoms with E-state index in [0.29, 0.717) is 29.5 Å². The Labute approximate surface area is 163 Å². The Morgan fingerprint density at radius 1 is 1.04 bits per heavy atom. The molecule has 0 aliphatic rings. The monoisotopic (exact) mass is 391 g/mol. The van der Waals surface area contributed by atoms with Crippen molar-refractivity contribution >= 4 is 29.2 Å². The van der Waals surface area contributed by atoms with E-state index < -0.39 is 18.0 Å². The molecule has 0 heterocycles. The maximum Gasteiger partial charge on any atom is 0.306 e. The van der Waals surface area contributed by atoms with Crippen LogP contribution in [0, 0.1) is 0 Å². The number of carbonyl (C=O) groups excluding carboxylic acids is 2. The molecular formula is C20H22ClNO5. The second kappa shape index (κ2) is 10.4. The molecule has 0 aliphatic heterocycles. The lowest BCUT2D eigenvalue weighted by Crippen LogP contribution is -2.30. The van der Waals surface area contributed by atoms with E-state index in [0.717, 1.165) is 5.75 Å². The van der Waals surface area contributed by atoms with Gasteiger partial charge in [0, 0.05) is 17.1 Å². The van der Waals surface area contributed by atoms with Gasteiger partial charge in [-0.1, -0.05) is 11.6 Å². The van der Waals surface area contributed by atoms with Crippen LogP contribution in [0.2, 0.25) is 5.02 Å². The SMILES string of the molecule is COc1ccc(OCCCC(=O)O[C@H](C)C(=O)Nc2ccc(Cl)cc2)cc1. The summed E-state index contributed by atoms with van der Waals surface area (Å²) in [6.07, 6.45) is -0.249. The summed E-state index contributed by atoms with van der Waals surface area (Å²) < 4.78 is 15.8. The topological polar surface area (TPSA) is 73.9 Å². The lowest BCUT2D eigenvalue weighted by molar-refractivity contribution is -0.153. The van der Waals surface area contributed by atoms with Gasteiger partial charge in [-0.05, 0) is 61.9 Å². The first-order valence-electron chi connectivity index (χ1n) is 8.50. The molecule has 0 bridgehead atoms. The Morgan fingerprint density at radius 2 is 1.67 bits per heavy atom. The molecule has 7 heteroatoms. The molecule has 0 spiro atoms. The quantitative estimate of drug-likeness (QED) is 0.515. The van der Waals surface area contributed by atoms with Crippen LogP contribution in [0.1, 0.15) is 19.8 Å². The molecule has 2 rings (SSSR count). The molecule has 0 saturated carbocycles. The standard InChI is InChI=1S/C20H22ClNO5/c1-14(20(24)22-16-7-5-15(21)6-8-16)27-19(23)4-3-13-26-18-11-9-17(25-2)10-12-18/h5-12,14H,3-4,13H2,1-2H3,(H,22,24)/t14-/m1/s1. The first-order chi connectivity index (χ1) is 13.0. The summed E-state index contributed by atoms with van der Waals surface area (Å²) in [6.45, 7) is 1.89. The molecule has 0 unspecified atom stereocenters. The van der Waals surface area contributed by atoms with Crippen molar-refractivity contribution < 1.29 is 23.8 Å². The minimum Gasteiger partial charge on any atom is -0.497 e. The van der Waals surface area contributed by atoms with Crippen LogP contribution in [0.25, 0.3) is 0 Å². The van der Waals surface area contributed by atoms with Crippen LogP contribution in [0.15, 0.2) is 48.5 Å². The zero-order chi connectivity index (χ0) is 19.6. The number of hydrogen-bond acceptors (Lipinski definition) is 5. The van der Waals surface area contributed by atoms with Gasteiger partial charge in [0.25, 0.3) is 5.91 Å². The van der Waals surface area contributed by atoms with E-state index in [9.17, 15) is 9.59 Å². The number of ether oxygens (including phenoxy) is 3. The normalized spacial score (nSPS) is 11.4. The summed E-state index contributed by atoms with van der Waals surface area (Å²) in [5.74, 6) is 0.587. The number of rotatable bonds is 9. The molecule has 1 atom stereocenters. The van der Waals surface area contributed by atoms with E-state index in [2.05, 4.69) is 5.32 Å². The van der Waals surface area contributed by atoms with Crippen LogP contribution in [0.4, 0.5) is 5.69 Å². The number of benzene rings is 2. The molecule has 6 nitrogen and oxygen atoms in total. The van der Waals surface area contributed by atoms with Crippen molar-refractivity contribution in [3.63, 3.8) is 0 Å². The molecule has 27 heavy (non-hydrogen) atoms. The van der Waals surface area contributed by atoms with E-state index in [4.69, 9.17) is 25.8 Å². The third-order valence-electron chi connectivity index (χ3n) is 3.64. The predicted molar refractivity (Wildman–Crippen MR) is 103 cm³/mol. The highest BCUT2D eigenvalue weighted by Crippen LogP contribution is 2.17. The fraction of sp³-hybridized carbons (Fsp3) is 0.300. The lowest BCUT2D eigenvalue weighted by atomic mass is 10.3. The van der Waals surface area contributed by atoms with Gasteiger partial charge in [-0.25, -0.2) is 0 Å². The highest BCUT2D eigenvalue weighted by molar-refractivity contribution is 6.30. The molecule has 1 N–H and O–H groups in total. The van der Waals surface area contributed by atoms with Gasteiger partial charge in [-0.3, -0.25) is 9.59 Å². The number of anilines is 1. The minimum atomic E-state index is -0.893. The molecule has 144 valence electrons. The average molecular weight is 392 g/mol. The number of carbonyl (C=O) groups is 2. The van der Waals surface area contributed by atoms with Gasteiger partial charge in [0.05, 0.1) is 13.7 Å². The van der Waals surface area contributed by atoms with E-state index in [-0.39, 0.29) is 6.42 Å². The summed E-state index contributed by atoms with van der Waals surface area (Å²) in [5.41, 5.74) is 0.584. The van der Waals surface area contributed by atoms with Gasteiger partial charge in [-0.15, -0.1) is 0 Å². The van der Waals surface area contributed by atoms with Crippen molar-refractivity contribution in [1.82, 2.24) is 0 Å². The van der Waals surface area contributed by atoms with Crippen molar-refractivity contribution in [2.75, 3.05) is 19.0 Å². The second-order valence-electron chi connectivity index (χ2n) is 5.76. The predicted octanol–water partition coefficient (Wildman–Crippen LogP) is 4.08. The van der Waals surface area contributed by atoms with Gasteiger partial charge >= 0.3 is 5.97 Å². The third kappa shape index (κ3) is 7.19. The molecular weight excluding hydrogens is 370 g/mol. The number of methoxy groups -OCH3 is 1. The second-order valence-corrected chi connectivity index (χ2v) is 6.19. The summed E-state index contributed by atoms with van der Waals surface area (Å²) >= 11 is 5.79. The number of nitrogens with one attached hydrogen (secondary N) is 1. The molecule has 2 aromatic carbocycles. The Morgan fingerprint density at radius 3 is 2.30 bits per heavy atom. The number of hydrogen-bond donors (Lipinski definition) is 1. The van der Waals surface area contributed by atoms with Gasteiger partial charge < -0.3 is 19.5 Å². The highest BCUT2D eigenvalue weighted by atomic mass is 35.5. The van der Waals surface area contributed by atoms with Gasteiger partial charge in [0.2, 0.25) is 0 Å². The summed E-state index contributed by atoms with van der Waals surface area (Å²) in [5, 5.41) is 3.24. The van der Waals surface area contributed by atoms with Crippen LogP contribution in [-0.2, 0) is 14.3 Å². The number of amides is 1. The van der Waals surface area contributed by atoms with Crippen LogP contribution in [0.5, 0.6) is 11.5 Å². The summed E-state index contributed by atoms with van der Waals surface area (Å²) in [6, 6.07) is 13.8. The van der Waals surface area contributed by atoms with Crippen molar-refractivity contribution in [2.24, 2.45) is 0 Å². The molecule has 2 aromatic rings. The Hall–Kier alpha value is -2.73. The van der Waals surface area contributed by atoms with E-state index >= 15 is 0 Å². The summed E-state index contributed by atoms with van der Waals surface area (Å²) in [7, 11) is 1.60. The van der Waals surface area contributed by atoms with Crippen molar-refractivity contribution in [1.29, 1.82) is 0 Å². The van der Waals surface area contributed by atoms with E-state index in [1.54, 1.807) is 55.6 Å². The first kappa shape index (κ1) is 20.6. The molecule has 0 aliphatic carbocycles. The Kier molecular flexibility index (Phi) is 7.95. The Balaban J connectivity index is 1.66. The van der Waals surface area contributed by atoms with Crippen molar-refractivity contribution in [3.8, 4) is 11.5 Å². The van der Waals surface area contributed by atoms with E-state index in [1.165, 1.54) is 6.92 Å². The van der Waals surface area contributed by atoms with Crippen LogP contribution < -0.4 is 14.8 Å². The average Bonchev–Trinajstić information content (AvgIpc) is 2.67. The van der Waals surface area contributed by atoms with Crippen LogP contribution >= 0.6 is 11.6 Å². The van der Waals surface area contributed by atoms with Crippen LogP contribution in [-0.4, -0.2) is 31.7 Å². The van der Waals surface area contributed by atoms with Gasteiger partial charge in [0.1, 0.15) is 11.5 Å². The highest BCUT2D eigenvalue weighted by Gasteiger charge is 2.17. The minimum absolute atomic E-state index is 0.161. The maximum absolute atomic E-state index is 12.0. The first-order valence-corrected chi connectivity index (χ1v) is 8.88. The fourth-order valence-corrected chi connectivity index (χ4v) is 2.29. The zero-order valence-corrected chi connectivity index (χ0v) is 16.0. The number of halogens is 1. The molecule has 0 saturated heterocycles. The zero-order valence-electron chi connectivity index (χ0n) is 15.2. The molecule has 0 aromatic heterocycles. The largest absolute Gasteiger partial charge is 0.497 e. The maximum atomic E-state index is 12.0. The van der Waals surface area contributed by atoms with Crippen molar-refractivity contribution in [2.45, 2.75) is 25.9 Å².